The summed E-state index contributed by atoms with van der Waals surface area (Å²) in [6.07, 6.45) is 0.114. The van der Waals surface area contributed by atoms with Crippen LogP contribution in [0.5, 0.6) is 5.75 Å². The monoisotopic (exact) mass is 306 g/mol. The summed E-state index contributed by atoms with van der Waals surface area (Å²) in [5.41, 5.74) is 1.14. The van der Waals surface area contributed by atoms with Crippen LogP contribution in [0.3, 0.4) is 0 Å². The summed E-state index contributed by atoms with van der Waals surface area (Å²) in [4.78, 5) is 0. The molecular formula is C13H20ClO4P. The SMILES string of the molecule is COP(=O)(Cc1cc(Cl)c(O)c(C(C)(C)C)c1)OC. The summed E-state index contributed by atoms with van der Waals surface area (Å²) in [6, 6.07) is 3.36. The third-order valence-electron chi connectivity index (χ3n) is 2.86. The van der Waals surface area contributed by atoms with E-state index in [0.29, 0.717) is 11.1 Å². The van der Waals surface area contributed by atoms with Crippen LogP contribution in [0.2, 0.25) is 5.02 Å². The zero-order valence-corrected chi connectivity index (χ0v) is 13.5. The Bertz CT molecular complexity index is 500. The molecule has 1 aromatic carbocycles. The molecule has 0 atom stereocenters. The topological polar surface area (TPSA) is 55.8 Å². The van der Waals surface area contributed by atoms with Gasteiger partial charge in [-0.05, 0) is 17.0 Å². The first kappa shape index (κ1) is 16.5. The molecule has 6 heteroatoms. The van der Waals surface area contributed by atoms with Gasteiger partial charge >= 0.3 is 7.60 Å². The quantitative estimate of drug-likeness (QED) is 0.841. The minimum absolute atomic E-state index is 0.0579. The Hall–Kier alpha value is -0.540. The number of halogens is 1. The third-order valence-corrected chi connectivity index (χ3v) is 5.02. The van der Waals surface area contributed by atoms with Gasteiger partial charge in [0.15, 0.2) is 0 Å². The van der Waals surface area contributed by atoms with Gasteiger partial charge in [-0.25, -0.2) is 0 Å². The van der Waals surface area contributed by atoms with Crippen molar-refractivity contribution in [2.24, 2.45) is 0 Å². The average molecular weight is 307 g/mol. The number of hydrogen-bond donors (Lipinski definition) is 1. The van der Waals surface area contributed by atoms with Crippen LogP contribution < -0.4 is 0 Å². The molecule has 0 unspecified atom stereocenters. The Balaban J connectivity index is 3.25. The van der Waals surface area contributed by atoms with E-state index < -0.39 is 7.60 Å². The van der Waals surface area contributed by atoms with E-state index in [4.69, 9.17) is 20.6 Å². The molecule has 0 aliphatic rings. The molecule has 0 aliphatic carbocycles. The van der Waals surface area contributed by atoms with Crippen LogP contribution in [0.25, 0.3) is 0 Å². The Morgan fingerprint density at radius 2 is 1.79 bits per heavy atom. The van der Waals surface area contributed by atoms with E-state index in [1.165, 1.54) is 14.2 Å². The highest BCUT2D eigenvalue weighted by atomic mass is 35.5. The maximum Gasteiger partial charge on any atom is 0.334 e. The van der Waals surface area contributed by atoms with Gasteiger partial charge in [-0.15, -0.1) is 0 Å². The van der Waals surface area contributed by atoms with E-state index in [2.05, 4.69) is 0 Å². The zero-order valence-electron chi connectivity index (χ0n) is 11.9. The fourth-order valence-electron chi connectivity index (χ4n) is 1.75. The first-order valence-corrected chi connectivity index (χ1v) is 7.96. The zero-order chi connectivity index (χ0) is 14.8. The lowest BCUT2D eigenvalue weighted by atomic mass is 9.85. The predicted octanol–water partition coefficient (Wildman–Crippen LogP) is 4.33. The highest BCUT2D eigenvalue weighted by Crippen LogP contribution is 2.51. The predicted molar refractivity (Wildman–Crippen MR) is 77.1 cm³/mol. The van der Waals surface area contributed by atoms with Crippen LogP contribution in [0.4, 0.5) is 0 Å². The van der Waals surface area contributed by atoms with Crippen LogP contribution in [0.1, 0.15) is 31.9 Å². The summed E-state index contributed by atoms with van der Waals surface area (Å²) in [5, 5.41) is 10.2. The Labute approximate surface area is 119 Å². The standard InChI is InChI=1S/C13H20ClO4P/c1-13(2,3)10-6-9(7-11(14)12(10)15)8-19(16,17-4)18-5/h6-7,15H,8H2,1-5H3. The Morgan fingerprint density at radius 1 is 1.26 bits per heavy atom. The molecule has 1 aromatic rings. The van der Waals surface area contributed by atoms with E-state index in [1.54, 1.807) is 12.1 Å². The van der Waals surface area contributed by atoms with Crippen LogP contribution in [0, 0.1) is 0 Å². The van der Waals surface area contributed by atoms with Gasteiger partial charge in [-0.2, -0.15) is 0 Å². The first-order chi connectivity index (χ1) is 8.63. The van der Waals surface area contributed by atoms with Crippen LogP contribution >= 0.6 is 19.2 Å². The summed E-state index contributed by atoms with van der Waals surface area (Å²) in [7, 11) is -0.462. The van der Waals surface area contributed by atoms with Crippen LogP contribution in [0.15, 0.2) is 12.1 Å². The van der Waals surface area contributed by atoms with Crippen LogP contribution in [-0.2, 0) is 25.2 Å². The van der Waals surface area contributed by atoms with Gasteiger partial charge in [0.1, 0.15) is 5.75 Å². The van der Waals surface area contributed by atoms with E-state index >= 15 is 0 Å². The third kappa shape index (κ3) is 3.96. The maximum absolute atomic E-state index is 12.1. The van der Waals surface area contributed by atoms with Gasteiger partial charge in [0.2, 0.25) is 0 Å². The molecule has 0 saturated heterocycles. The largest absolute Gasteiger partial charge is 0.506 e. The number of phenols is 1. The lowest BCUT2D eigenvalue weighted by Crippen LogP contribution is -2.12. The second kappa shape index (κ2) is 5.84. The van der Waals surface area contributed by atoms with E-state index in [9.17, 15) is 9.67 Å². The molecule has 4 nitrogen and oxygen atoms in total. The van der Waals surface area contributed by atoms with E-state index in [1.807, 2.05) is 20.8 Å². The molecule has 0 saturated carbocycles. The van der Waals surface area contributed by atoms with Crippen molar-refractivity contribution in [3.05, 3.63) is 28.3 Å². The highest BCUT2D eigenvalue weighted by molar-refractivity contribution is 7.52. The molecular weight excluding hydrogens is 287 g/mol. The molecule has 0 aliphatic heterocycles. The molecule has 0 heterocycles. The number of phenolic OH excluding ortho intramolecular Hbond substituents is 1. The number of benzene rings is 1. The van der Waals surface area contributed by atoms with Crippen molar-refractivity contribution in [2.45, 2.75) is 32.3 Å². The van der Waals surface area contributed by atoms with Crippen LogP contribution in [-0.4, -0.2) is 19.3 Å². The van der Waals surface area contributed by atoms with Crippen molar-refractivity contribution < 1.29 is 18.7 Å². The summed E-state index contributed by atoms with van der Waals surface area (Å²) in [5.74, 6) is 0.0579. The van der Waals surface area contributed by atoms with Crippen molar-refractivity contribution in [2.75, 3.05) is 14.2 Å². The molecule has 108 valence electrons. The van der Waals surface area contributed by atoms with Crippen molar-refractivity contribution >= 4 is 19.2 Å². The van der Waals surface area contributed by atoms with Gasteiger partial charge in [-0.1, -0.05) is 38.4 Å². The molecule has 19 heavy (non-hydrogen) atoms. The van der Waals surface area contributed by atoms with Crippen molar-refractivity contribution in [3.8, 4) is 5.75 Å². The fourth-order valence-corrected chi connectivity index (χ4v) is 3.02. The Kier molecular flexibility index (Phi) is 5.08. The van der Waals surface area contributed by atoms with Gasteiger partial charge in [0.25, 0.3) is 0 Å². The minimum atomic E-state index is -3.15. The molecule has 0 bridgehead atoms. The van der Waals surface area contributed by atoms with Gasteiger partial charge in [0, 0.05) is 19.8 Å². The summed E-state index contributed by atoms with van der Waals surface area (Å²) < 4.78 is 22.0. The molecule has 0 amide bonds. The molecule has 0 aromatic heterocycles. The van der Waals surface area contributed by atoms with Gasteiger partial charge in [0.05, 0.1) is 11.2 Å². The van der Waals surface area contributed by atoms with Crippen molar-refractivity contribution in [1.29, 1.82) is 0 Å². The number of rotatable bonds is 4. The molecule has 0 spiro atoms. The van der Waals surface area contributed by atoms with Gasteiger partial charge in [-0.3, -0.25) is 4.57 Å². The smallest absolute Gasteiger partial charge is 0.334 e. The lowest BCUT2D eigenvalue weighted by Gasteiger charge is -2.23. The van der Waals surface area contributed by atoms with Gasteiger partial charge < -0.3 is 14.2 Å². The van der Waals surface area contributed by atoms with E-state index in [-0.39, 0.29) is 22.3 Å². The average Bonchev–Trinajstić information content (AvgIpc) is 2.32. The fraction of sp³-hybridized carbons (Fsp3) is 0.538. The molecule has 1 rings (SSSR count). The molecule has 0 radical (unpaired) electrons. The molecule has 1 N–H and O–H groups in total. The normalized spacial score (nSPS) is 12.7. The number of aromatic hydroxyl groups is 1. The van der Waals surface area contributed by atoms with Crippen molar-refractivity contribution in [3.63, 3.8) is 0 Å². The second-order valence-corrected chi connectivity index (χ2v) is 8.03. The first-order valence-electron chi connectivity index (χ1n) is 5.85. The maximum atomic E-state index is 12.1. The minimum Gasteiger partial charge on any atom is -0.506 e. The Morgan fingerprint density at radius 3 is 2.21 bits per heavy atom. The highest BCUT2D eigenvalue weighted by Gasteiger charge is 2.25. The number of hydrogen-bond acceptors (Lipinski definition) is 4. The molecule has 0 fully saturated rings. The lowest BCUT2D eigenvalue weighted by molar-refractivity contribution is 0.274. The summed E-state index contributed by atoms with van der Waals surface area (Å²) in [6.45, 7) is 5.90. The summed E-state index contributed by atoms with van der Waals surface area (Å²) >= 11 is 6.02. The second-order valence-electron chi connectivity index (χ2n) is 5.36. The van der Waals surface area contributed by atoms with E-state index in [0.717, 1.165) is 0 Å². The van der Waals surface area contributed by atoms with Crippen molar-refractivity contribution in [1.82, 2.24) is 0 Å².